The molecule has 8 heteroatoms. The Morgan fingerprint density at radius 2 is 2.13 bits per heavy atom. The summed E-state index contributed by atoms with van der Waals surface area (Å²) in [5.41, 5.74) is 4.36. The third kappa shape index (κ3) is 4.08. The van der Waals surface area contributed by atoms with Crippen LogP contribution in [-0.4, -0.2) is 51.8 Å². The standard InChI is InChI=1S/C22H23N5O3/c1-14-4-3-5-17(26-14)18-10-20-21(13-24-18)30-9-8-27(20)19-6-7-23-12-16(19)22(29)25-11-15(2)28/h3-7,10,12-13,15,28H,8-9,11H2,1-2H3,(H,25,29). The molecule has 1 amide bonds. The molecular weight excluding hydrogens is 382 g/mol. The number of aryl methyl sites for hydroxylation is 1. The van der Waals surface area contributed by atoms with Crippen molar-refractivity contribution in [1.82, 2.24) is 20.3 Å². The fourth-order valence-electron chi connectivity index (χ4n) is 3.33. The fourth-order valence-corrected chi connectivity index (χ4v) is 3.33. The molecule has 0 radical (unpaired) electrons. The number of anilines is 2. The van der Waals surface area contributed by atoms with Gasteiger partial charge in [0.05, 0.1) is 47.2 Å². The van der Waals surface area contributed by atoms with Gasteiger partial charge < -0.3 is 20.1 Å². The fraction of sp³-hybridized carbons (Fsp3) is 0.273. The summed E-state index contributed by atoms with van der Waals surface area (Å²) < 4.78 is 5.80. The summed E-state index contributed by atoms with van der Waals surface area (Å²) in [6.45, 7) is 4.76. The van der Waals surface area contributed by atoms with E-state index in [2.05, 4.69) is 20.3 Å². The predicted molar refractivity (Wildman–Crippen MR) is 113 cm³/mol. The van der Waals surface area contributed by atoms with Crippen molar-refractivity contribution in [1.29, 1.82) is 0 Å². The molecule has 4 heterocycles. The van der Waals surface area contributed by atoms with Gasteiger partial charge in [-0.25, -0.2) is 0 Å². The van der Waals surface area contributed by atoms with E-state index in [0.29, 0.717) is 30.2 Å². The number of aliphatic hydroxyl groups excluding tert-OH is 1. The van der Waals surface area contributed by atoms with Crippen LogP contribution in [0, 0.1) is 6.92 Å². The minimum Gasteiger partial charge on any atom is -0.488 e. The van der Waals surface area contributed by atoms with Gasteiger partial charge in [-0.15, -0.1) is 0 Å². The lowest BCUT2D eigenvalue weighted by molar-refractivity contribution is 0.0924. The van der Waals surface area contributed by atoms with Crippen LogP contribution in [0.25, 0.3) is 11.4 Å². The van der Waals surface area contributed by atoms with Crippen LogP contribution in [0.5, 0.6) is 5.75 Å². The van der Waals surface area contributed by atoms with Gasteiger partial charge >= 0.3 is 0 Å². The highest BCUT2D eigenvalue weighted by Gasteiger charge is 2.25. The van der Waals surface area contributed by atoms with Crippen LogP contribution in [0.2, 0.25) is 0 Å². The maximum absolute atomic E-state index is 12.7. The van der Waals surface area contributed by atoms with E-state index in [1.54, 1.807) is 25.4 Å². The summed E-state index contributed by atoms with van der Waals surface area (Å²) in [5, 5.41) is 12.2. The summed E-state index contributed by atoms with van der Waals surface area (Å²) in [4.78, 5) is 27.9. The number of ether oxygens (including phenoxy) is 1. The van der Waals surface area contributed by atoms with Gasteiger partial charge in [-0.3, -0.25) is 19.7 Å². The Labute approximate surface area is 174 Å². The van der Waals surface area contributed by atoms with Gasteiger partial charge in [0.15, 0.2) is 5.75 Å². The van der Waals surface area contributed by atoms with Crippen molar-refractivity contribution < 1.29 is 14.6 Å². The Kier molecular flexibility index (Phi) is 5.58. The SMILES string of the molecule is Cc1cccc(-c2cc3c(cn2)OCCN3c2ccncc2C(=O)NCC(C)O)n1. The second-order valence-corrected chi connectivity index (χ2v) is 7.15. The molecule has 2 N–H and O–H groups in total. The summed E-state index contributed by atoms with van der Waals surface area (Å²) in [7, 11) is 0. The number of hydrogen-bond acceptors (Lipinski definition) is 7. The van der Waals surface area contributed by atoms with Crippen molar-refractivity contribution in [3.8, 4) is 17.1 Å². The Bertz CT molecular complexity index is 1070. The highest BCUT2D eigenvalue weighted by Crippen LogP contribution is 2.39. The molecule has 30 heavy (non-hydrogen) atoms. The summed E-state index contributed by atoms with van der Waals surface area (Å²) in [6, 6.07) is 9.52. The monoisotopic (exact) mass is 405 g/mol. The first-order valence-corrected chi connectivity index (χ1v) is 9.77. The first-order valence-electron chi connectivity index (χ1n) is 9.77. The predicted octanol–water partition coefficient (Wildman–Crippen LogP) is 2.49. The van der Waals surface area contributed by atoms with Gasteiger partial charge in [-0.05, 0) is 38.1 Å². The number of nitrogens with one attached hydrogen (secondary N) is 1. The lowest BCUT2D eigenvalue weighted by Crippen LogP contribution is -2.34. The van der Waals surface area contributed by atoms with Crippen molar-refractivity contribution in [2.24, 2.45) is 0 Å². The van der Waals surface area contributed by atoms with Crippen LogP contribution in [0.3, 0.4) is 0 Å². The number of hydrogen-bond donors (Lipinski definition) is 2. The van der Waals surface area contributed by atoms with E-state index in [1.165, 1.54) is 6.20 Å². The minimum absolute atomic E-state index is 0.167. The quantitative estimate of drug-likeness (QED) is 0.673. The minimum atomic E-state index is -0.631. The molecule has 0 aromatic carbocycles. The average Bonchev–Trinajstić information content (AvgIpc) is 2.76. The van der Waals surface area contributed by atoms with Gasteiger partial charge in [0.2, 0.25) is 0 Å². The summed E-state index contributed by atoms with van der Waals surface area (Å²) in [6.07, 6.45) is 4.25. The summed E-state index contributed by atoms with van der Waals surface area (Å²) >= 11 is 0. The van der Waals surface area contributed by atoms with E-state index in [-0.39, 0.29) is 12.5 Å². The number of carbonyl (C=O) groups is 1. The molecule has 1 aliphatic rings. The Morgan fingerprint density at radius 1 is 1.27 bits per heavy atom. The number of fused-ring (bicyclic) bond motifs is 1. The van der Waals surface area contributed by atoms with Crippen LogP contribution >= 0.6 is 0 Å². The molecule has 154 valence electrons. The van der Waals surface area contributed by atoms with E-state index in [9.17, 15) is 9.90 Å². The first kappa shape index (κ1) is 19.8. The van der Waals surface area contributed by atoms with E-state index >= 15 is 0 Å². The van der Waals surface area contributed by atoms with Gasteiger partial charge in [0.1, 0.15) is 6.61 Å². The number of rotatable bonds is 5. The van der Waals surface area contributed by atoms with Gasteiger partial charge in [0.25, 0.3) is 5.91 Å². The molecule has 8 nitrogen and oxygen atoms in total. The largest absolute Gasteiger partial charge is 0.488 e. The van der Waals surface area contributed by atoms with Crippen LogP contribution in [0.15, 0.2) is 48.9 Å². The second kappa shape index (κ2) is 8.46. The van der Waals surface area contributed by atoms with E-state index in [1.807, 2.05) is 36.1 Å². The Balaban J connectivity index is 1.73. The van der Waals surface area contributed by atoms with E-state index in [0.717, 1.165) is 22.8 Å². The van der Waals surface area contributed by atoms with Crippen LogP contribution in [-0.2, 0) is 0 Å². The van der Waals surface area contributed by atoms with Gasteiger partial charge in [-0.1, -0.05) is 6.07 Å². The molecule has 0 bridgehead atoms. The number of pyridine rings is 3. The molecule has 0 spiro atoms. The molecule has 0 saturated heterocycles. The third-order valence-electron chi connectivity index (χ3n) is 4.75. The maximum atomic E-state index is 12.7. The molecule has 0 fully saturated rings. The summed E-state index contributed by atoms with van der Waals surface area (Å²) in [5.74, 6) is 0.353. The molecule has 1 atom stereocenters. The lowest BCUT2D eigenvalue weighted by Gasteiger charge is -2.32. The maximum Gasteiger partial charge on any atom is 0.255 e. The topological polar surface area (TPSA) is 100 Å². The number of aliphatic hydroxyl groups is 1. The van der Waals surface area contributed by atoms with Crippen molar-refractivity contribution >= 4 is 17.3 Å². The van der Waals surface area contributed by atoms with Gasteiger partial charge in [-0.2, -0.15) is 0 Å². The number of amides is 1. The number of nitrogens with zero attached hydrogens (tertiary/aromatic N) is 4. The molecule has 4 rings (SSSR count). The van der Waals surface area contributed by atoms with Crippen LogP contribution < -0.4 is 15.0 Å². The van der Waals surface area contributed by atoms with Crippen molar-refractivity contribution in [3.05, 3.63) is 60.2 Å². The normalized spacial score (nSPS) is 13.9. The van der Waals surface area contributed by atoms with E-state index < -0.39 is 6.10 Å². The smallest absolute Gasteiger partial charge is 0.255 e. The van der Waals surface area contributed by atoms with Crippen LogP contribution in [0.4, 0.5) is 11.4 Å². The van der Waals surface area contributed by atoms with Crippen molar-refractivity contribution in [2.45, 2.75) is 20.0 Å². The van der Waals surface area contributed by atoms with Crippen molar-refractivity contribution in [2.75, 3.05) is 24.6 Å². The molecule has 3 aromatic rings. The highest BCUT2D eigenvalue weighted by atomic mass is 16.5. The molecule has 0 saturated carbocycles. The molecule has 1 unspecified atom stereocenters. The van der Waals surface area contributed by atoms with Crippen molar-refractivity contribution in [3.63, 3.8) is 0 Å². The second-order valence-electron chi connectivity index (χ2n) is 7.15. The molecule has 3 aromatic heterocycles. The number of carbonyl (C=O) groups excluding carboxylic acids is 1. The zero-order valence-electron chi connectivity index (χ0n) is 16.9. The zero-order valence-corrected chi connectivity index (χ0v) is 16.9. The lowest BCUT2D eigenvalue weighted by atomic mass is 10.1. The molecule has 1 aliphatic heterocycles. The Morgan fingerprint density at radius 3 is 2.93 bits per heavy atom. The number of aromatic nitrogens is 3. The van der Waals surface area contributed by atoms with Crippen LogP contribution in [0.1, 0.15) is 23.0 Å². The van der Waals surface area contributed by atoms with Gasteiger partial charge in [0, 0.05) is 24.6 Å². The first-order chi connectivity index (χ1) is 14.5. The zero-order chi connectivity index (χ0) is 21.1. The Hall–Kier alpha value is -3.52. The average molecular weight is 405 g/mol. The third-order valence-corrected chi connectivity index (χ3v) is 4.75. The highest BCUT2D eigenvalue weighted by molar-refractivity contribution is 6.00. The molecule has 0 aliphatic carbocycles. The van der Waals surface area contributed by atoms with E-state index in [4.69, 9.17) is 4.74 Å². The molecular formula is C22H23N5O3.